The molecule has 0 aromatic rings. The Hall–Kier alpha value is -0.540. The summed E-state index contributed by atoms with van der Waals surface area (Å²) in [4.78, 5) is 3.03. The summed E-state index contributed by atoms with van der Waals surface area (Å²) in [5, 5.41) is 0. The van der Waals surface area contributed by atoms with Crippen LogP contribution in [0.5, 0.6) is 0 Å². The summed E-state index contributed by atoms with van der Waals surface area (Å²) in [6.07, 6.45) is -3.95. The van der Waals surface area contributed by atoms with E-state index < -0.39 is 11.7 Å². The molecule has 0 N–H and O–H groups in total. The molecule has 0 amide bonds. The Labute approximate surface area is 50.6 Å². The molecule has 0 saturated heterocycles. The summed E-state index contributed by atoms with van der Waals surface area (Å²) in [7, 11) is 0. The summed E-state index contributed by atoms with van der Waals surface area (Å²) in [5.74, 6) is 0. The first-order valence-corrected chi connectivity index (χ1v) is 2.56. The van der Waals surface area contributed by atoms with E-state index in [4.69, 9.17) is 0 Å². The highest BCUT2D eigenvalue weighted by Gasteiger charge is 2.63. The van der Waals surface area contributed by atoms with Crippen molar-refractivity contribution >= 4 is 6.72 Å². The molecule has 1 fully saturated rings. The van der Waals surface area contributed by atoms with E-state index in [1.54, 1.807) is 0 Å². The third kappa shape index (κ3) is 0.821. The first-order valence-electron chi connectivity index (χ1n) is 2.56. The van der Waals surface area contributed by atoms with Crippen molar-refractivity contribution in [1.29, 1.82) is 0 Å². The van der Waals surface area contributed by atoms with Gasteiger partial charge in [-0.2, -0.15) is 13.2 Å². The lowest BCUT2D eigenvalue weighted by Gasteiger charge is -2.12. The Morgan fingerprint density at radius 2 is 1.78 bits per heavy atom. The van der Waals surface area contributed by atoms with Crippen molar-refractivity contribution < 1.29 is 13.2 Å². The second kappa shape index (κ2) is 1.49. The Morgan fingerprint density at radius 1 is 1.33 bits per heavy atom. The van der Waals surface area contributed by atoms with Gasteiger partial charge in [0.25, 0.3) is 0 Å². The van der Waals surface area contributed by atoms with Crippen molar-refractivity contribution in [1.82, 2.24) is 0 Å². The van der Waals surface area contributed by atoms with Crippen LogP contribution in [0.3, 0.4) is 0 Å². The van der Waals surface area contributed by atoms with Gasteiger partial charge < -0.3 is 0 Å². The zero-order valence-electron chi connectivity index (χ0n) is 4.70. The van der Waals surface area contributed by atoms with E-state index in [9.17, 15) is 13.2 Å². The van der Waals surface area contributed by atoms with Crippen molar-refractivity contribution in [2.45, 2.75) is 24.6 Å². The van der Waals surface area contributed by atoms with E-state index in [1.165, 1.54) is 0 Å². The predicted octanol–water partition coefficient (Wildman–Crippen LogP) is 1.78. The molecule has 4 heteroatoms. The summed E-state index contributed by atoms with van der Waals surface area (Å²) in [6, 6.07) is 0. The van der Waals surface area contributed by atoms with E-state index in [2.05, 4.69) is 11.7 Å². The maximum absolute atomic E-state index is 11.8. The third-order valence-electron chi connectivity index (χ3n) is 1.55. The lowest BCUT2D eigenvalue weighted by Crippen LogP contribution is -2.28. The monoisotopic (exact) mass is 137 g/mol. The zero-order valence-corrected chi connectivity index (χ0v) is 4.70. The summed E-state index contributed by atoms with van der Waals surface area (Å²) >= 11 is 0. The van der Waals surface area contributed by atoms with Crippen LogP contribution in [-0.4, -0.2) is 18.4 Å². The molecule has 1 saturated carbocycles. The summed E-state index contributed by atoms with van der Waals surface area (Å²) < 4.78 is 35.3. The molecule has 0 spiro atoms. The van der Waals surface area contributed by atoms with Gasteiger partial charge in [-0.1, -0.05) is 0 Å². The fourth-order valence-electron chi connectivity index (χ4n) is 0.650. The Bertz CT molecular complexity index is 134. The zero-order chi connectivity index (χ0) is 7.12. The number of alkyl halides is 3. The van der Waals surface area contributed by atoms with Gasteiger partial charge in [0, 0.05) is 0 Å². The van der Waals surface area contributed by atoms with Crippen molar-refractivity contribution in [3.05, 3.63) is 0 Å². The average molecular weight is 137 g/mol. The number of nitrogens with zero attached hydrogens (tertiary/aromatic N) is 1. The van der Waals surface area contributed by atoms with Crippen LogP contribution in [-0.2, 0) is 0 Å². The lowest BCUT2D eigenvalue weighted by atomic mass is 10.3. The van der Waals surface area contributed by atoms with E-state index >= 15 is 0 Å². The van der Waals surface area contributed by atoms with Crippen LogP contribution in [0.15, 0.2) is 4.99 Å². The van der Waals surface area contributed by atoms with Gasteiger partial charge in [0.2, 0.25) is 0 Å². The summed E-state index contributed by atoms with van der Waals surface area (Å²) in [5.41, 5.74) is -1.76. The Balaban J connectivity index is 2.71. The molecular formula is C5H6F3N. The number of halogens is 3. The van der Waals surface area contributed by atoms with E-state index in [-0.39, 0.29) is 12.8 Å². The van der Waals surface area contributed by atoms with Gasteiger partial charge in [-0.25, -0.2) is 0 Å². The molecule has 0 unspecified atom stereocenters. The molecule has 0 aromatic heterocycles. The molecule has 9 heavy (non-hydrogen) atoms. The maximum atomic E-state index is 11.8. The largest absolute Gasteiger partial charge is 0.413 e. The first kappa shape index (κ1) is 6.58. The van der Waals surface area contributed by atoms with Crippen LogP contribution >= 0.6 is 0 Å². The minimum absolute atomic E-state index is 0.111. The molecule has 0 aromatic carbocycles. The molecule has 1 rings (SSSR count). The molecule has 1 aliphatic carbocycles. The van der Waals surface area contributed by atoms with Gasteiger partial charge in [0.1, 0.15) is 0 Å². The van der Waals surface area contributed by atoms with Crippen LogP contribution < -0.4 is 0 Å². The average Bonchev–Trinajstić information content (AvgIpc) is 2.40. The smallest absolute Gasteiger partial charge is 0.285 e. The fourth-order valence-corrected chi connectivity index (χ4v) is 0.650. The molecular weight excluding hydrogens is 131 g/mol. The lowest BCUT2D eigenvalue weighted by molar-refractivity contribution is -0.155. The minimum Gasteiger partial charge on any atom is -0.285 e. The van der Waals surface area contributed by atoms with Gasteiger partial charge in [0.05, 0.1) is 0 Å². The van der Waals surface area contributed by atoms with Crippen LogP contribution in [0, 0.1) is 0 Å². The van der Waals surface area contributed by atoms with Crippen LogP contribution in [0.2, 0.25) is 0 Å². The Morgan fingerprint density at radius 3 is 1.78 bits per heavy atom. The molecule has 0 radical (unpaired) electrons. The molecule has 1 aliphatic rings. The molecule has 0 atom stereocenters. The number of aliphatic imine (C=N–C) groups is 1. The summed E-state index contributed by atoms with van der Waals surface area (Å²) in [6.45, 7) is 2.89. The standard InChI is InChI=1S/C5H6F3N/c1-9-4(2-3-4)5(6,7)8/h1-3H2. The second-order valence-corrected chi connectivity index (χ2v) is 2.19. The molecule has 0 aliphatic heterocycles. The van der Waals surface area contributed by atoms with Crippen molar-refractivity contribution in [2.75, 3.05) is 0 Å². The highest BCUT2D eigenvalue weighted by molar-refractivity contribution is 5.29. The quantitative estimate of drug-likeness (QED) is 0.488. The van der Waals surface area contributed by atoms with Gasteiger partial charge in [-0.3, -0.25) is 4.99 Å². The Kier molecular flexibility index (Phi) is 1.09. The van der Waals surface area contributed by atoms with Gasteiger partial charge in [-0.15, -0.1) is 0 Å². The van der Waals surface area contributed by atoms with Gasteiger partial charge in [-0.05, 0) is 19.6 Å². The molecule has 0 bridgehead atoms. The van der Waals surface area contributed by atoms with Crippen molar-refractivity contribution in [2.24, 2.45) is 4.99 Å². The topological polar surface area (TPSA) is 12.4 Å². The van der Waals surface area contributed by atoms with E-state index in [0.717, 1.165) is 0 Å². The fraction of sp³-hybridized carbons (Fsp3) is 0.800. The maximum Gasteiger partial charge on any atom is 0.413 e. The molecule has 52 valence electrons. The van der Waals surface area contributed by atoms with E-state index in [0.29, 0.717) is 0 Å². The number of rotatable bonds is 1. The van der Waals surface area contributed by atoms with Crippen LogP contribution in [0.4, 0.5) is 13.2 Å². The molecule has 0 heterocycles. The van der Waals surface area contributed by atoms with Crippen molar-refractivity contribution in [3.63, 3.8) is 0 Å². The van der Waals surface area contributed by atoms with E-state index in [1.807, 2.05) is 0 Å². The third-order valence-corrected chi connectivity index (χ3v) is 1.55. The predicted molar refractivity (Wildman–Crippen MR) is 27.6 cm³/mol. The van der Waals surface area contributed by atoms with Crippen molar-refractivity contribution in [3.8, 4) is 0 Å². The van der Waals surface area contributed by atoms with Crippen LogP contribution in [0.1, 0.15) is 12.8 Å². The van der Waals surface area contributed by atoms with Crippen LogP contribution in [0.25, 0.3) is 0 Å². The number of hydrogen-bond acceptors (Lipinski definition) is 1. The normalized spacial score (nSPS) is 23.4. The van der Waals surface area contributed by atoms with Gasteiger partial charge in [0.15, 0.2) is 5.54 Å². The first-order chi connectivity index (χ1) is 4.02. The minimum atomic E-state index is -4.17. The molecule has 1 nitrogen and oxygen atoms in total. The second-order valence-electron chi connectivity index (χ2n) is 2.19. The highest BCUT2D eigenvalue weighted by atomic mass is 19.4. The highest BCUT2D eigenvalue weighted by Crippen LogP contribution is 2.51. The SMILES string of the molecule is C=NC1(C(F)(F)F)CC1. The van der Waals surface area contributed by atoms with Gasteiger partial charge >= 0.3 is 6.18 Å². The number of hydrogen-bond donors (Lipinski definition) is 0.